The molecular formula is C22H24FNO4. The van der Waals surface area contributed by atoms with Crippen molar-refractivity contribution < 1.29 is 23.5 Å². The van der Waals surface area contributed by atoms with Crippen molar-refractivity contribution in [2.75, 3.05) is 13.2 Å². The summed E-state index contributed by atoms with van der Waals surface area (Å²) in [5, 5.41) is 3.01. The highest BCUT2D eigenvalue weighted by atomic mass is 19.1. The second-order valence-electron chi connectivity index (χ2n) is 7.12. The Hall–Kier alpha value is -2.89. The van der Waals surface area contributed by atoms with Crippen LogP contribution >= 0.6 is 0 Å². The maximum Gasteiger partial charge on any atom is 0.220 e. The minimum absolute atomic E-state index is 0.0728. The predicted molar refractivity (Wildman–Crippen MR) is 103 cm³/mol. The summed E-state index contributed by atoms with van der Waals surface area (Å²) in [6.45, 7) is 5.07. The van der Waals surface area contributed by atoms with Gasteiger partial charge in [0.1, 0.15) is 19.0 Å². The van der Waals surface area contributed by atoms with Crippen LogP contribution in [0.5, 0.6) is 11.5 Å². The molecule has 1 amide bonds. The minimum Gasteiger partial charge on any atom is -0.486 e. The molecular weight excluding hydrogens is 361 g/mol. The number of ketones is 1. The van der Waals surface area contributed by atoms with Crippen molar-refractivity contribution >= 4 is 11.7 Å². The lowest BCUT2D eigenvalue weighted by molar-refractivity contribution is -0.122. The first-order valence-electron chi connectivity index (χ1n) is 9.41. The fourth-order valence-electron chi connectivity index (χ4n) is 3.14. The van der Waals surface area contributed by atoms with E-state index in [1.807, 2.05) is 32.0 Å². The van der Waals surface area contributed by atoms with Crippen molar-refractivity contribution in [1.82, 2.24) is 5.32 Å². The van der Waals surface area contributed by atoms with Crippen LogP contribution < -0.4 is 14.8 Å². The van der Waals surface area contributed by atoms with E-state index in [0.717, 1.165) is 5.56 Å². The number of carbonyl (C=O) groups excluding carboxylic acids is 2. The second kappa shape index (κ2) is 8.87. The molecule has 1 aliphatic rings. The van der Waals surface area contributed by atoms with Crippen LogP contribution in [0, 0.1) is 11.7 Å². The zero-order chi connectivity index (χ0) is 20.1. The number of rotatable bonds is 7. The van der Waals surface area contributed by atoms with E-state index in [4.69, 9.17) is 9.47 Å². The number of Topliss-reactive ketones (excluding diaryl/α,β-unsaturated/α-hetero) is 1. The van der Waals surface area contributed by atoms with Gasteiger partial charge in [-0.25, -0.2) is 4.39 Å². The summed E-state index contributed by atoms with van der Waals surface area (Å²) in [7, 11) is 0. The van der Waals surface area contributed by atoms with E-state index in [-0.39, 0.29) is 36.5 Å². The lowest BCUT2D eigenvalue weighted by Gasteiger charge is -2.25. The van der Waals surface area contributed by atoms with Gasteiger partial charge in [-0.05, 0) is 47.9 Å². The average Bonchev–Trinajstić information content (AvgIpc) is 2.70. The van der Waals surface area contributed by atoms with E-state index in [2.05, 4.69) is 5.32 Å². The molecule has 148 valence electrons. The molecule has 3 rings (SSSR count). The van der Waals surface area contributed by atoms with Gasteiger partial charge >= 0.3 is 0 Å². The molecule has 1 atom stereocenters. The molecule has 0 saturated carbocycles. The van der Waals surface area contributed by atoms with Gasteiger partial charge in [0.15, 0.2) is 17.3 Å². The number of fused-ring (bicyclic) bond motifs is 1. The third-order valence-electron chi connectivity index (χ3n) is 4.65. The molecule has 0 aromatic heterocycles. The van der Waals surface area contributed by atoms with Gasteiger partial charge in [-0.3, -0.25) is 9.59 Å². The van der Waals surface area contributed by atoms with Crippen molar-refractivity contribution in [3.05, 3.63) is 59.4 Å². The van der Waals surface area contributed by atoms with Crippen LogP contribution in [-0.2, 0) is 4.79 Å². The third-order valence-corrected chi connectivity index (χ3v) is 4.65. The molecule has 1 heterocycles. The predicted octanol–water partition coefficient (Wildman–Crippen LogP) is 4.07. The zero-order valence-corrected chi connectivity index (χ0v) is 16.0. The van der Waals surface area contributed by atoms with Gasteiger partial charge < -0.3 is 14.8 Å². The Kier molecular flexibility index (Phi) is 6.29. The van der Waals surface area contributed by atoms with Crippen molar-refractivity contribution in [3.63, 3.8) is 0 Å². The molecule has 5 nitrogen and oxygen atoms in total. The van der Waals surface area contributed by atoms with Crippen LogP contribution in [0.15, 0.2) is 42.5 Å². The molecule has 0 saturated heterocycles. The van der Waals surface area contributed by atoms with Gasteiger partial charge in [0.2, 0.25) is 5.91 Å². The van der Waals surface area contributed by atoms with Crippen molar-refractivity contribution in [2.24, 2.45) is 5.92 Å². The minimum atomic E-state index is -0.395. The van der Waals surface area contributed by atoms with Crippen LogP contribution in [-0.4, -0.2) is 24.9 Å². The number of ether oxygens (including phenoxy) is 2. The van der Waals surface area contributed by atoms with Crippen molar-refractivity contribution in [1.29, 1.82) is 0 Å². The Balaban J connectivity index is 1.61. The number of carbonyl (C=O) groups is 2. The average molecular weight is 385 g/mol. The Labute approximate surface area is 163 Å². The van der Waals surface area contributed by atoms with Gasteiger partial charge in [-0.15, -0.1) is 0 Å². The summed E-state index contributed by atoms with van der Waals surface area (Å²) in [5.74, 6) is 0.747. The smallest absolute Gasteiger partial charge is 0.220 e. The van der Waals surface area contributed by atoms with Crippen molar-refractivity contribution in [2.45, 2.75) is 32.7 Å². The normalized spacial score (nSPS) is 13.9. The van der Waals surface area contributed by atoms with Crippen LogP contribution in [0.2, 0.25) is 0 Å². The molecule has 0 unspecified atom stereocenters. The molecule has 0 radical (unpaired) electrons. The Morgan fingerprint density at radius 2 is 1.68 bits per heavy atom. The second-order valence-corrected chi connectivity index (χ2v) is 7.12. The van der Waals surface area contributed by atoms with E-state index >= 15 is 0 Å². The lowest BCUT2D eigenvalue weighted by atomic mass is 9.95. The van der Waals surface area contributed by atoms with Crippen LogP contribution in [0.1, 0.15) is 48.7 Å². The summed E-state index contributed by atoms with van der Waals surface area (Å²) in [6, 6.07) is 10.8. The van der Waals surface area contributed by atoms with Gasteiger partial charge in [0, 0.05) is 18.4 Å². The first-order valence-corrected chi connectivity index (χ1v) is 9.41. The number of hydrogen-bond acceptors (Lipinski definition) is 4. The number of nitrogens with one attached hydrogen (secondary N) is 1. The van der Waals surface area contributed by atoms with E-state index in [9.17, 15) is 14.0 Å². The SMILES string of the molecule is CC(C)[C@H](NC(=O)CCC(=O)c1ccc(F)cc1)c1ccc2c(c1)OCCO2. The fourth-order valence-corrected chi connectivity index (χ4v) is 3.14. The number of hydrogen-bond donors (Lipinski definition) is 1. The van der Waals surface area contributed by atoms with Gasteiger partial charge in [-0.2, -0.15) is 0 Å². The molecule has 1 N–H and O–H groups in total. The highest BCUT2D eigenvalue weighted by Crippen LogP contribution is 2.34. The van der Waals surface area contributed by atoms with Gasteiger partial charge in [0.05, 0.1) is 6.04 Å². The molecule has 6 heteroatoms. The summed E-state index contributed by atoms with van der Waals surface area (Å²) in [4.78, 5) is 24.6. The van der Waals surface area contributed by atoms with E-state index in [1.165, 1.54) is 24.3 Å². The maximum absolute atomic E-state index is 13.0. The molecule has 0 aliphatic carbocycles. The molecule has 2 aromatic rings. The number of halogens is 1. The summed E-state index contributed by atoms with van der Waals surface area (Å²) >= 11 is 0. The zero-order valence-electron chi connectivity index (χ0n) is 16.0. The molecule has 1 aliphatic heterocycles. The van der Waals surface area contributed by atoms with E-state index in [0.29, 0.717) is 30.3 Å². The quantitative estimate of drug-likeness (QED) is 0.730. The van der Waals surface area contributed by atoms with Crippen LogP contribution in [0.25, 0.3) is 0 Å². The Bertz CT molecular complexity index is 848. The molecule has 2 aromatic carbocycles. The maximum atomic E-state index is 13.0. The van der Waals surface area contributed by atoms with Crippen LogP contribution in [0.4, 0.5) is 4.39 Å². The Morgan fingerprint density at radius 1 is 1.00 bits per heavy atom. The molecule has 0 bridgehead atoms. The molecule has 0 fully saturated rings. The van der Waals surface area contributed by atoms with E-state index in [1.54, 1.807) is 0 Å². The van der Waals surface area contributed by atoms with Crippen LogP contribution in [0.3, 0.4) is 0 Å². The van der Waals surface area contributed by atoms with Gasteiger partial charge in [-0.1, -0.05) is 19.9 Å². The van der Waals surface area contributed by atoms with E-state index < -0.39 is 5.82 Å². The summed E-state index contributed by atoms with van der Waals surface area (Å²) < 4.78 is 24.1. The number of amides is 1. The highest BCUT2D eigenvalue weighted by Gasteiger charge is 2.22. The largest absolute Gasteiger partial charge is 0.486 e. The highest BCUT2D eigenvalue weighted by molar-refractivity contribution is 5.97. The van der Waals surface area contributed by atoms with Crippen molar-refractivity contribution in [3.8, 4) is 11.5 Å². The Morgan fingerprint density at radius 3 is 2.36 bits per heavy atom. The first-order chi connectivity index (χ1) is 13.4. The first kappa shape index (κ1) is 19.9. The topological polar surface area (TPSA) is 64.6 Å². The number of benzene rings is 2. The fraction of sp³-hybridized carbons (Fsp3) is 0.364. The monoisotopic (exact) mass is 385 g/mol. The molecule has 28 heavy (non-hydrogen) atoms. The molecule has 0 spiro atoms. The third kappa shape index (κ3) is 4.88. The standard InChI is InChI=1S/C22H24FNO4/c1-14(2)22(16-5-9-19-20(13-16)28-12-11-27-19)24-21(26)10-8-18(25)15-3-6-17(23)7-4-15/h3-7,9,13-14,22H,8,10-12H2,1-2H3,(H,24,26)/t22-/m0/s1. The lowest BCUT2D eigenvalue weighted by Crippen LogP contribution is -2.32. The summed E-state index contributed by atoms with van der Waals surface area (Å²) in [5.41, 5.74) is 1.33. The van der Waals surface area contributed by atoms with Gasteiger partial charge in [0.25, 0.3) is 0 Å². The summed E-state index contributed by atoms with van der Waals surface area (Å²) in [6.07, 6.45) is 0.146.